The summed E-state index contributed by atoms with van der Waals surface area (Å²) < 4.78 is 5.42. The van der Waals surface area contributed by atoms with Crippen molar-refractivity contribution in [3.63, 3.8) is 0 Å². The highest BCUT2D eigenvalue weighted by molar-refractivity contribution is 5.93. The largest absolute Gasteiger partial charge is 0.497 e. The van der Waals surface area contributed by atoms with E-state index in [4.69, 9.17) is 4.74 Å². The van der Waals surface area contributed by atoms with Crippen LogP contribution < -0.4 is 15.0 Å². The smallest absolute Gasteiger partial charge is 0.238 e. The lowest BCUT2D eigenvalue weighted by Crippen LogP contribution is -2.38. The fourth-order valence-electron chi connectivity index (χ4n) is 5.34. The number of H-pyrrole nitrogens is 1. The number of likely N-dealkylation sites (tertiary alicyclic amines) is 1. The molecule has 0 spiro atoms. The van der Waals surface area contributed by atoms with Crippen molar-refractivity contribution < 1.29 is 9.53 Å². The van der Waals surface area contributed by atoms with Crippen molar-refractivity contribution in [3.8, 4) is 5.75 Å². The lowest BCUT2D eigenvalue weighted by Gasteiger charge is -2.31. The van der Waals surface area contributed by atoms with Crippen LogP contribution in [-0.2, 0) is 4.79 Å². The number of piperidine rings is 1. The molecule has 2 saturated heterocycles. The van der Waals surface area contributed by atoms with Gasteiger partial charge in [-0.1, -0.05) is 0 Å². The third-order valence-corrected chi connectivity index (χ3v) is 7.27. The van der Waals surface area contributed by atoms with Gasteiger partial charge < -0.3 is 19.9 Å². The number of rotatable bonds is 6. The van der Waals surface area contributed by atoms with Crippen LogP contribution in [0.2, 0.25) is 0 Å². The molecule has 1 aromatic heterocycles. The molecule has 6 heteroatoms. The summed E-state index contributed by atoms with van der Waals surface area (Å²) in [6.07, 6.45) is 6.79. The summed E-state index contributed by atoms with van der Waals surface area (Å²) in [7, 11) is 1.71. The molecule has 2 fully saturated rings. The molecule has 1 amide bonds. The van der Waals surface area contributed by atoms with Crippen LogP contribution in [0.15, 0.2) is 42.6 Å². The number of anilines is 2. The first-order chi connectivity index (χ1) is 16.1. The molecule has 3 aromatic rings. The summed E-state index contributed by atoms with van der Waals surface area (Å²) in [5, 5.41) is 4.38. The Morgan fingerprint density at radius 2 is 1.88 bits per heavy atom. The van der Waals surface area contributed by atoms with E-state index < -0.39 is 0 Å². The molecule has 33 heavy (non-hydrogen) atoms. The Kier molecular flexibility index (Phi) is 6.27. The van der Waals surface area contributed by atoms with Gasteiger partial charge >= 0.3 is 0 Å². The van der Waals surface area contributed by atoms with Gasteiger partial charge in [-0.25, -0.2) is 0 Å². The number of carbonyl (C=O) groups is 1. The van der Waals surface area contributed by atoms with Gasteiger partial charge in [0.05, 0.1) is 13.7 Å². The molecule has 6 nitrogen and oxygen atoms in total. The summed E-state index contributed by atoms with van der Waals surface area (Å²) in [6, 6.07) is 12.6. The SMILES string of the molecule is COc1ccc2[nH]cc(C3CCN(CC(=O)Nc4ccc(N5CCCC5)cc4C)CC3)c2c1. The number of methoxy groups -OCH3 is 1. The van der Waals surface area contributed by atoms with Gasteiger partial charge in [0, 0.05) is 41.6 Å². The average Bonchev–Trinajstić information content (AvgIpc) is 3.51. The van der Waals surface area contributed by atoms with Crippen molar-refractivity contribution in [2.45, 2.75) is 38.5 Å². The number of hydrogen-bond acceptors (Lipinski definition) is 4. The maximum absolute atomic E-state index is 12.7. The van der Waals surface area contributed by atoms with E-state index in [2.05, 4.69) is 63.6 Å². The number of amides is 1. The van der Waals surface area contributed by atoms with E-state index in [0.29, 0.717) is 12.5 Å². The van der Waals surface area contributed by atoms with Crippen LogP contribution >= 0.6 is 0 Å². The number of aromatic nitrogens is 1. The normalized spacial score (nSPS) is 17.6. The Morgan fingerprint density at radius 3 is 2.61 bits per heavy atom. The molecule has 0 atom stereocenters. The summed E-state index contributed by atoms with van der Waals surface area (Å²) in [6.45, 7) is 6.65. The maximum atomic E-state index is 12.7. The van der Waals surface area contributed by atoms with Gasteiger partial charge in [-0.15, -0.1) is 0 Å². The zero-order valence-electron chi connectivity index (χ0n) is 19.7. The highest BCUT2D eigenvalue weighted by Gasteiger charge is 2.24. The number of hydrogen-bond donors (Lipinski definition) is 2. The second-order valence-corrected chi connectivity index (χ2v) is 9.45. The summed E-state index contributed by atoms with van der Waals surface area (Å²) in [4.78, 5) is 20.8. The number of nitrogens with zero attached hydrogens (tertiary/aromatic N) is 2. The maximum Gasteiger partial charge on any atom is 0.238 e. The van der Waals surface area contributed by atoms with E-state index in [-0.39, 0.29) is 5.91 Å². The standard InChI is InChI=1S/C27H34N4O2/c1-19-15-21(31-11-3-4-12-31)5-7-25(19)29-27(32)18-30-13-9-20(10-14-30)24-17-28-26-8-6-22(33-2)16-23(24)26/h5-8,15-17,20,28H,3-4,9-14,18H2,1-2H3,(H,29,32). The lowest BCUT2D eigenvalue weighted by molar-refractivity contribution is -0.117. The van der Waals surface area contributed by atoms with E-state index in [9.17, 15) is 4.79 Å². The van der Waals surface area contributed by atoms with Gasteiger partial charge in [-0.05, 0) is 99.1 Å². The van der Waals surface area contributed by atoms with E-state index in [1.165, 1.54) is 29.5 Å². The minimum atomic E-state index is 0.0716. The molecule has 174 valence electrons. The fraction of sp³-hybridized carbons (Fsp3) is 0.444. The van der Waals surface area contributed by atoms with E-state index in [0.717, 1.165) is 61.5 Å². The summed E-state index contributed by atoms with van der Waals surface area (Å²) in [5.74, 6) is 1.47. The Morgan fingerprint density at radius 1 is 1.09 bits per heavy atom. The minimum absolute atomic E-state index is 0.0716. The van der Waals surface area contributed by atoms with E-state index >= 15 is 0 Å². The quantitative estimate of drug-likeness (QED) is 0.565. The molecular formula is C27H34N4O2. The van der Waals surface area contributed by atoms with E-state index in [1.54, 1.807) is 7.11 Å². The zero-order chi connectivity index (χ0) is 22.8. The monoisotopic (exact) mass is 446 g/mol. The molecule has 2 aromatic carbocycles. The van der Waals surface area contributed by atoms with Crippen molar-refractivity contribution in [2.24, 2.45) is 0 Å². The van der Waals surface area contributed by atoms with Crippen LogP contribution in [0.4, 0.5) is 11.4 Å². The molecule has 2 aliphatic heterocycles. The molecule has 5 rings (SSSR count). The molecule has 2 N–H and O–H groups in total. The van der Waals surface area contributed by atoms with Crippen LogP contribution in [0.5, 0.6) is 5.75 Å². The molecule has 2 aliphatic rings. The van der Waals surface area contributed by atoms with Gasteiger partial charge in [0.2, 0.25) is 5.91 Å². The first kappa shape index (κ1) is 21.8. The summed E-state index contributed by atoms with van der Waals surface area (Å²) >= 11 is 0. The predicted octanol–water partition coefficient (Wildman–Crippen LogP) is 4.90. The third kappa shape index (κ3) is 4.71. The number of fused-ring (bicyclic) bond motifs is 1. The minimum Gasteiger partial charge on any atom is -0.497 e. The van der Waals surface area contributed by atoms with Crippen molar-refractivity contribution in [1.82, 2.24) is 9.88 Å². The van der Waals surface area contributed by atoms with Crippen LogP contribution in [0.1, 0.15) is 42.7 Å². The number of nitrogens with one attached hydrogen (secondary N) is 2. The van der Waals surface area contributed by atoms with Crippen LogP contribution in [0.25, 0.3) is 10.9 Å². The van der Waals surface area contributed by atoms with Gasteiger partial charge in [-0.2, -0.15) is 0 Å². The number of aryl methyl sites for hydroxylation is 1. The Hall–Kier alpha value is -2.99. The molecule has 0 aliphatic carbocycles. The average molecular weight is 447 g/mol. The molecule has 3 heterocycles. The number of carbonyl (C=O) groups excluding carboxylic acids is 1. The lowest BCUT2D eigenvalue weighted by atomic mass is 9.89. The Labute approximate surface area is 195 Å². The molecular weight excluding hydrogens is 412 g/mol. The zero-order valence-corrected chi connectivity index (χ0v) is 19.7. The van der Waals surface area contributed by atoms with Crippen molar-refractivity contribution in [1.29, 1.82) is 0 Å². The van der Waals surface area contributed by atoms with Crippen molar-refractivity contribution in [3.05, 3.63) is 53.7 Å². The van der Waals surface area contributed by atoms with Crippen LogP contribution in [0.3, 0.4) is 0 Å². The molecule has 0 bridgehead atoms. The Bertz CT molecular complexity index is 1120. The topological polar surface area (TPSA) is 60.6 Å². The van der Waals surface area contributed by atoms with E-state index in [1.807, 2.05) is 6.07 Å². The van der Waals surface area contributed by atoms with Gasteiger partial charge in [0.1, 0.15) is 5.75 Å². The molecule has 0 radical (unpaired) electrons. The van der Waals surface area contributed by atoms with Gasteiger partial charge in [0.25, 0.3) is 0 Å². The van der Waals surface area contributed by atoms with Crippen LogP contribution in [-0.4, -0.2) is 55.6 Å². The van der Waals surface area contributed by atoms with Crippen molar-refractivity contribution in [2.75, 3.05) is 50.1 Å². The first-order valence-corrected chi connectivity index (χ1v) is 12.1. The number of aromatic amines is 1. The summed E-state index contributed by atoms with van der Waals surface area (Å²) in [5.41, 5.74) is 5.83. The van der Waals surface area contributed by atoms with Crippen LogP contribution in [0, 0.1) is 6.92 Å². The second-order valence-electron chi connectivity index (χ2n) is 9.45. The number of ether oxygens (including phenoxy) is 1. The number of benzene rings is 2. The fourth-order valence-corrected chi connectivity index (χ4v) is 5.34. The first-order valence-electron chi connectivity index (χ1n) is 12.1. The second kappa shape index (κ2) is 9.48. The van der Waals surface area contributed by atoms with Gasteiger partial charge in [-0.3, -0.25) is 9.69 Å². The van der Waals surface area contributed by atoms with Gasteiger partial charge in [0.15, 0.2) is 0 Å². The predicted molar refractivity (Wildman–Crippen MR) is 135 cm³/mol. The molecule has 0 unspecified atom stereocenters. The highest BCUT2D eigenvalue weighted by atomic mass is 16.5. The molecule has 0 saturated carbocycles. The highest BCUT2D eigenvalue weighted by Crippen LogP contribution is 2.34. The van der Waals surface area contributed by atoms with Crippen molar-refractivity contribution >= 4 is 28.2 Å². The third-order valence-electron chi connectivity index (χ3n) is 7.27. The Balaban J connectivity index is 1.16.